The highest BCUT2D eigenvalue weighted by Crippen LogP contribution is 2.18. The molecule has 1 N–H and O–H groups in total. The molecule has 0 atom stereocenters. The van der Waals surface area contributed by atoms with Gasteiger partial charge in [-0.1, -0.05) is 136 Å². The van der Waals surface area contributed by atoms with Gasteiger partial charge in [-0.2, -0.15) is 0 Å². The van der Waals surface area contributed by atoms with E-state index in [9.17, 15) is 19.5 Å². The number of aliphatic hydroxyl groups excluding tert-OH is 1. The maximum Gasteiger partial charge on any atom is 0.330 e. The van der Waals surface area contributed by atoms with Gasteiger partial charge in [0.2, 0.25) is 0 Å². The normalized spacial score (nSPS) is 11.3. The number of methoxy groups -OCH3 is 1. The van der Waals surface area contributed by atoms with Crippen LogP contribution in [0.5, 0.6) is 0 Å². The summed E-state index contributed by atoms with van der Waals surface area (Å²) in [6.07, 6.45) is 35.8. The number of ether oxygens (including phenoxy) is 3. The summed E-state index contributed by atoms with van der Waals surface area (Å²) in [7, 11) is 1.76. The Labute approximate surface area is 321 Å². The Morgan fingerprint density at radius 3 is 1.58 bits per heavy atom. The van der Waals surface area contributed by atoms with E-state index < -0.39 is 5.97 Å². The van der Waals surface area contributed by atoms with Gasteiger partial charge < -0.3 is 24.2 Å². The largest absolute Gasteiger partial charge is 0.463 e. The molecule has 0 fully saturated rings. The van der Waals surface area contributed by atoms with Crippen molar-refractivity contribution in [1.82, 2.24) is 4.90 Å². The first-order valence-electron chi connectivity index (χ1n) is 21.8. The third-order valence-electron chi connectivity index (χ3n) is 9.45. The number of aliphatic hydroxyl groups is 1. The summed E-state index contributed by atoms with van der Waals surface area (Å²) in [4.78, 5) is 35.6. The molecule has 0 aliphatic heterocycles. The first-order valence-corrected chi connectivity index (χ1v) is 21.8. The Kier molecular flexibility index (Phi) is 45.7. The zero-order chi connectivity index (χ0) is 38.6. The molecule has 0 unspecified atom stereocenters. The van der Waals surface area contributed by atoms with Crippen molar-refractivity contribution in [3.63, 3.8) is 0 Å². The second-order valence-corrected chi connectivity index (χ2v) is 14.4. The highest BCUT2D eigenvalue weighted by Gasteiger charge is 2.14. The Morgan fingerprint density at radius 1 is 0.596 bits per heavy atom. The van der Waals surface area contributed by atoms with E-state index in [4.69, 9.17) is 14.2 Å². The molecular formula is C44H85NO7. The van der Waals surface area contributed by atoms with Gasteiger partial charge >= 0.3 is 11.9 Å². The van der Waals surface area contributed by atoms with Crippen molar-refractivity contribution < 1.29 is 33.7 Å². The predicted molar refractivity (Wildman–Crippen MR) is 218 cm³/mol. The van der Waals surface area contributed by atoms with Crippen LogP contribution >= 0.6 is 0 Å². The minimum absolute atomic E-state index is 0.0246. The van der Waals surface area contributed by atoms with Gasteiger partial charge in [-0.3, -0.25) is 9.59 Å². The SMILES string of the molecule is CCCCCCCCC(CCCCCCCC)OC(=O)CCCCCCCN(CCO)CCCCCCOC.CCCCCCOC(=O)/C=C/C=O. The molecule has 0 saturated carbocycles. The van der Waals surface area contributed by atoms with Gasteiger partial charge in [0.25, 0.3) is 0 Å². The molecule has 308 valence electrons. The number of allylic oxidation sites excluding steroid dienone is 1. The highest BCUT2D eigenvalue weighted by atomic mass is 16.5. The number of aldehydes is 1. The zero-order valence-corrected chi connectivity index (χ0v) is 34.7. The van der Waals surface area contributed by atoms with Crippen LogP contribution in [0.25, 0.3) is 0 Å². The molecule has 0 bridgehead atoms. The maximum absolute atomic E-state index is 12.6. The topological polar surface area (TPSA) is 102 Å². The van der Waals surface area contributed by atoms with E-state index in [0.29, 0.717) is 19.3 Å². The van der Waals surface area contributed by atoms with Crippen LogP contribution in [-0.4, -0.2) is 80.9 Å². The molecule has 0 aromatic rings. The predicted octanol–water partition coefficient (Wildman–Crippen LogP) is 11.1. The van der Waals surface area contributed by atoms with Crippen molar-refractivity contribution in [3.8, 4) is 0 Å². The lowest BCUT2D eigenvalue weighted by atomic mass is 10.0. The van der Waals surface area contributed by atoms with E-state index in [-0.39, 0.29) is 18.7 Å². The summed E-state index contributed by atoms with van der Waals surface area (Å²) in [5, 5.41) is 9.38. The molecule has 0 spiro atoms. The van der Waals surface area contributed by atoms with Crippen molar-refractivity contribution in [3.05, 3.63) is 12.2 Å². The average molecular weight is 740 g/mol. The lowest BCUT2D eigenvalue weighted by Gasteiger charge is -2.21. The number of rotatable bonds is 39. The van der Waals surface area contributed by atoms with Crippen LogP contribution in [0.2, 0.25) is 0 Å². The zero-order valence-electron chi connectivity index (χ0n) is 34.7. The molecule has 0 rings (SSSR count). The molecule has 0 aromatic heterocycles. The van der Waals surface area contributed by atoms with Gasteiger partial charge in [0, 0.05) is 32.8 Å². The molecule has 0 aliphatic carbocycles. The van der Waals surface area contributed by atoms with Gasteiger partial charge in [0.05, 0.1) is 13.2 Å². The van der Waals surface area contributed by atoms with Crippen LogP contribution in [0.1, 0.15) is 201 Å². The molecule has 52 heavy (non-hydrogen) atoms. The van der Waals surface area contributed by atoms with E-state index in [1.807, 2.05) is 0 Å². The highest BCUT2D eigenvalue weighted by molar-refractivity contribution is 5.86. The monoisotopic (exact) mass is 740 g/mol. The Morgan fingerprint density at radius 2 is 1.06 bits per heavy atom. The van der Waals surface area contributed by atoms with E-state index >= 15 is 0 Å². The number of hydrogen-bond acceptors (Lipinski definition) is 8. The number of carbonyl (C=O) groups excluding carboxylic acids is 3. The Bertz CT molecular complexity index is 760. The van der Waals surface area contributed by atoms with Crippen LogP contribution in [0.3, 0.4) is 0 Å². The van der Waals surface area contributed by atoms with E-state index in [2.05, 4.69) is 25.7 Å². The summed E-state index contributed by atoms with van der Waals surface area (Å²) >= 11 is 0. The lowest BCUT2D eigenvalue weighted by molar-refractivity contribution is -0.150. The van der Waals surface area contributed by atoms with Crippen molar-refractivity contribution in [2.75, 3.05) is 46.6 Å². The number of unbranched alkanes of at least 4 members (excludes halogenated alkanes) is 20. The first-order chi connectivity index (χ1) is 25.5. The first kappa shape index (κ1) is 52.3. The van der Waals surface area contributed by atoms with Crippen LogP contribution in [-0.2, 0) is 28.6 Å². The Balaban J connectivity index is 0. The third-order valence-corrected chi connectivity index (χ3v) is 9.45. The van der Waals surface area contributed by atoms with Gasteiger partial charge in [-0.25, -0.2) is 4.79 Å². The van der Waals surface area contributed by atoms with Crippen molar-refractivity contribution in [2.24, 2.45) is 0 Å². The van der Waals surface area contributed by atoms with E-state index in [1.165, 1.54) is 128 Å². The number of esters is 2. The van der Waals surface area contributed by atoms with Crippen molar-refractivity contribution in [1.29, 1.82) is 0 Å². The lowest BCUT2D eigenvalue weighted by Crippen LogP contribution is -2.29. The molecule has 8 nitrogen and oxygen atoms in total. The maximum atomic E-state index is 12.6. The fourth-order valence-electron chi connectivity index (χ4n) is 6.23. The molecule has 0 amide bonds. The smallest absolute Gasteiger partial charge is 0.330 e. The fourth-order valence-corrected chi connectivity index (χ4v) is 6.23. The van der Waals surface area contributed by atoms with E-state index in [1.54, 1.807) is 7.11 Å². The van der Waals surface area contributed by atoms with E-state index in [0.717, 1.165) is 83.3 Å². The van der Waals surface area contributed by atoms with Crippen LogP contribution in [0.4, 0.5) is 0 Å². The Hall–Kier alpha value is -1.77. The van der Waals surface area contributed by atoms with Gasteiger partial charge in [0.1, 0.15) is 12.4 Å². The summed E-state index contributed by atoms with van der Waals surface area (Å²) in [5.41, 5.74) is 0. The number of carbonyl (C=O) groups is 3. The summed E-state index contributed by atoms with van der Waals surface area (Å²) < 4.78 is 15.9. The molecule has 0 saturated heterocycles. The molecular weight excluding hydrogens is 654 g/mol. The van der Waals surface area contributed by atoms with Crippen LogP contribution < -0.4 is 0 Å². The van der Waals surface area contributed by atoms with Crippen molar-refractivity contribution >= 4 is 18.2 Å². The second-order valence-electron chi connectivity index (χ2n) is 14.4. The third kappa shape index (κ3) is 42.6. The van der Waals surface area contributed by atoms with Crippen LogP contribution in [0.15, 0.2) is 12.2 Å². The van der Waals surface area contributed by atoms with Crippen molar-refractivity contribution in [2.45, 2.75) is 207 Å². The quantitative estimate of drug-likeness (QED) is 0.0288. The summed E-state index contributed by atoms with van der Waals surface area (Å²) in [5.74, 6) is -0.416. The second kappa shape index (κ2) is 45.4. The minimum Gasteiger partial charge on any atom is -0.463 e. The van der Waals surface area contributed by atoms with Gasteiger partial charge in [-0.15, -0.1) is 0 Å². The number of nitrogens with zero attached hydrogens (tertiary/aromatic N) is 1. The van der Waals surface area contributed by atoms with Crippen LogP contribution in [0, 0.1) is 0 Å². The fraction of sp³-hybridized carbons (Fsp3) is 0.886. The molecule has 0 aliphatic rings. The molecule has 0 radical (unpaired) electrons. The standard InChI is InChI=1S/C34H69NO4.C10H16O3/c1-4-6-8-10-13-19-25-33(26-20-14-11-9-7-5-2)39-34(37)27-21-15-12-16-22-28-35(30-31-36)29-23-17-18-24-32-38-3;1-2-3-4-5-9-13-10(12)7-6-8-11/h33,36H,4-32H2,1-3H3;6-8H,2-5,9H2,1H3/b;7-6+. The van der Waals surface area contributed by atoms with Gasteiger partial charge in [0.15, 0.2) is 0 Å². The molecule has 8 heteroatoms. The average Bonchev–Trinajstić information content (AvgIpc) is 3.14. The minimum atomic E-state index is -0.441. The summed E-state index contributed by atoms with van der Waals surface area (Å²) in [6.45, 7) is 11.1. The summed E-state index contributed by atoms with van der Waals surface area (Å²) in [6, 6.07) is 0. The van der Waals surface area contributed by atoms with Gasteiger partial charge in [-0.05, 0) is 77.0 Å². The molecule has 0 heterocycles. The number of hydrogen-bond donors (Lipinski definition) is 1. The molecule has 0 aromatic carbocycles.